The van der Waals surface area contributed by atoms with Crippen LogP contribution in [0.25, 0.3) is 0 Å². The number of hydrogen-bond donors (Lipinski definition) is 0. The van der Waals surface area contributed by atoms with Gasteiger partial charge in [0.2, 0.25) is 0 Å². The third kappa shape index (κ3) is 3.86. The molecule has 0 aliphatic carbocycles. The largest absolute Gasteiger partial charge is 0.494 e. The number of carbonyl (C=O) groups is 1. The molecule has 2 heterocycles. The van der Waals surface area contributed by atoms with Crippen LogP contribution in [0.15, 0.2) is 54.7 Å². The van der Waals surface area contributed by atoms with Gasteiger partial charge in [0, 0.05) is 11.8 Å². The van der Waals surface area contributed by atoms with Crippen molar-refractivity contribution in [2.75, 3.05) is 23.6 Å². The average molecular weight is 445 g/mol. The second-order valence-electron chi connectivity index (χ2n) is 7.21. The van der Waals surface area contributed by atoms with Crippen molar-refractivity contribution >= 4 is 23.0 Å². The second kappa shape index (κ2) is 8.14. The van der Waals surface area contributed by atoms with Gasteiger partial charge in [-0.05, 0) is 48.9 Å². The van der Waals surface area contributed by atoms with E-state index in [0.29, 0.717) is 11.4 Å². The highest BCUT2D eigenvalue weighted by Gasteiger charge is 2.37. The van der Waals surface area contributed by atoms with E-state index < -0.39 is 23.5 Å². The van der Waals surface area contributed by atoms with Crippen molar-refractivity contribution in [1.82, 2.24) is 4.98 Å². The Morgan fingerprint density at radius 1 is 1.03 bits per heavy atom. The first-order valence-electron chi connectivity index (χ1n) is 9.82. The molecule has 0 saturated carbocycles. The molecule has 0 unspecified atom stereocenters. The Morgan fingerprint density at radius 3 is 2.44 bits per heavy atom. The first-order valence-corrected chi connectivity index (χ1v) is 9.82. The van der Waals surface area contributed by atoms with Gasteiger partial charge in [-0.2, -0.15) is 13.2 Å². The molecule has 0 bridgehead atoms. The molecule has 0 N–H and O–H groups in total. The second-order valence-corrected chi connectivity index (χ2v) is 7.21. The first-order chi connectivity index (χ1) is 15.2. The third-order valence-corrected chi connectivity index (χ3v) is 5.29. The monoisotopic (exact) mass is 445 g/mol. The minimum absolute atomic E-state index is 0.0594. The number of halogens is 4. The lowest BCUT2D eigenvalue weighted by Gasteiger charge is -2.38. The van der Waals surface area contributed by atoms with E-state index in [0.717, 1.165) is 36.4 Å². The summed E-state index contributed by atoms with van der Waals surface area (Å²) < 4.78 is 59.2. The molecule has 1 aromatic heterocycles. The van der Waals surface area contributed by atoms with Crippen molar-refractivity contribution in [2.24, 2.45) is 0 Å². The zero-order valence-electron chi connectivity index (χ0n) is 17.3. The summed E-state index contributed by atoms with van der Waals surface area (Å²) >= 11 is 0. The molecule has 0 atom stereocenters. The standard InChI is InChI=1S/C23H19F4N3O2/c1-3-16-6-7-17(12-28-16)29-13-30(19-9-5-15(24)11-21(19)32-2)20-10-14(23(25,26)27)4-8-18(20)22(29)31/h4-12H,3,13H2,1-2H3. The summed E-state index contributed by atoms with van der Waals surface area (Å²) in [4.78, 5) is 20.4. The summed E-state index contributed by atoms with van der Waals surface area (Å²) in [5.74, 6) is -0.890. The van der Waals surface area contributed by atoms with Crippen molar-refractivity contribution in [3.63, 3.8) is 0 Å². The Bertz CT molecular complexity index is 1160. The Hall–Kier alpha value is -3.62. The highest BCUT2D eigenvalue weighted by atomic mass is 19.4. The lowest BCUT2D eigenvalue weighted by Crippen LogP contribution is -2.45. The highest BCUT2D eigenvalue weighted by molar-refractivity contribution is 6.12. The van der Waals surface area contributed by atoms with Crippen LogP contribution in [-0.4, -0.2) is 24.7 Å². The van der Waals surface area contributed by atoms with Crippen LogP contribution in [0.3, 0.4) is 0 Å². The van der Waals surface area contributed by atoms with Gasteiger partial charge in [-0.1, -0.05) is 6.92 Å². The van der Waals surface area contributed by atoms with E-state index in [-0.39, 0.29) is 23.7 Å². The van der Waals surface area contributed by atoms with Gasteiger partial charge in [0.05, 0.1) is 41.5 Å². The van der Waals surface area contributed by atoms with E-state index in [4.69, 9.17) is 4.74 Å². The molecule has 4 rings (SSSR count). The first kappa shape index (κ1) is 21.6. The number of nitrogens with zero attached hydrogens (tertiary/aromatic N) is 3. The summed E-state index contributed by atoms with van der Waals surface area (Å²) in [5, 5.41) is 0. The van der Waals surface area contributed by atoms with Gasteiger partial charge in [-0.3, -0.25) is 14.7 Å². The summed E-state index contributed by atoms with van der Waals surface area (Å²) in [7, 11) is 1.34. The minimum Gasteiger partial charge on any atom is -0.494 e. The van der Waals surface area contributed by atoms with Gasteiger partial charge < -0.3 is 9.64 Å². The molecule has 3 aromatic rings. The number of methoxy groups -OCH3 is 1. The number of hydrogen-bond acceptors (Lipinski definition) is 4. The predicted octanol–water partition coefficient (Wildman–Crippen LogP) is 5.57. The zero-order valence-corrected chi connectivity index (χ0v) is 17.3. The van der Waals surface area contributed by atoms with Crippen molar-refractivity contribution in [2.45, 2.75) is 19.5 Å². The van der Waals surface area contributed by atoms with Crippen LogP contribution in [-0.2, 0) is 12.6 Å². The SMILES string of the molecule is CCc1ccc(N2CN(c3ccc(F)cc3OC)c3cc(C(F)(F)F)ccc3C2=O)cn1. The van der Waals surface area contributed by atoms with Crippen molar-refractivity contribution in [3.05, 3.63) is 77.4 Å². The maximum atomic E-state index is 13.8. The molecule has 32 heavy (non-hydrogen) atoms. The number of benzene rings is 2. The molecule has 0 fully saturated rings. The Balaban J connectivity index is 1.88. The van der Waals surface area contributed by atoms with Crippen LogP contribution < -0.4 is 14.5 Å². The normalized spacial score (nSPS) is 13.9. The van der Waals surface area contributed by atoms with E-state index in [9.17, 15) is 22.4 Å². The summed E-state index contributed by atoms with van der Waals surface area (Å²) in [5.41, 5.74) is 0.899. The molecule has 0 spiro atoms. The number of rotatable bonds is 4. The number of anilines is 3. The quantitative estimate of drug-likeness (QED) is 0.493. The van der Waals surface area contributed by atoms with Crippen molar-refractivity contribution in [1.29, 1.82) is 0 Å². The Labute approximate surface area is 181 Å². The number of fused-ring (bicyclic) bond motifs is 1. The molecule has 1 aliphatic rings. The van der Waals surface area contributed by atoms with Gasteiger partial charge in [-0.25, -0.2) is 4.39 Å². The molecule has 1 aliphatic heterocycles. The summed E-state index contributed by atoms with van der Waals surface area (Å²) in [6.45, 7) is 1.84. The lowest BCUT2D eigenvalue weighted by molar-refractivity contribution is -0.137. The van der Waals surface area contributed by atoms with E-state index in [1.54, 1.807) is 18.3 Å². The Morgan fingerprint density at radius 2 is 1.81 bits per heavy atom. The van der Waals surface area contributed by atoms with Gasteiger partial charge in [0.25, 0.3) is 5.91 Å². The van der Waals surface area contributed by atoms with Crippen LogP contribution in [0.1, 0.15) is 28.5 Å². The fourth-order valence-corrected chi connectivity index (χ4v) is 3.60. The third-order valence-electron chi connectivity index (χ3n) is 5.29. The molecule has 9 heteroatoms. The number of aryl methyl sites for hydroxylation is 1. The number of pyridine rings is 1. The summed E-state index contributed by atoms with van der Waals surface area (Å²) in [6, 6.07) is 10.2. The average Bonchev–Trinajstić information content (AvgIpc) is 2.79. The van der Waals surface area contributed by atoms with Crippen LogP contribution in [0, 0.1) is 5.82 Å². The number of aromatic nitrogens is 1. The minimum atomic E-state index is -4.59. The topological polar surface area (TPSA) is 45.7 Å². The molecule has 0 saturated heterocycles. The number of alkyl halides is 3. The molecular formula is C23H19F4N3O2. The Kier molecular flexibility index (Phi) is 5.50. The lowest BCUT2D eigenvalue weighted by atomic mass is 10.0. The van der Waals surface area contributed by atoms with E-state index in [2.05, 4.69) is 4.98 Å². The number of carbonyl (C=O) groups excluding carboxylic acids is 1. The molecular weight excluding hydrogens is 426 g/mol. The maximum absolute atomic E-state index is 13.8. The summed E-state index contributed by atoms with van der Waals surface area (Å²) in [6.07, 6.45) is -2.32. The van der Waals surface area contributed by atoms with Crippen molar-refractivity contribution in [3.8, 4) is 5.75 Å². The van der Waals surface area contributed by atoms with Gasteiger partial charge in [-0.15, -0.1) is 0 Å². The van der Waals surface area contributed by atoms with E-state index >= 15 is 0 Å². The predicted molar refractivity (Wildman–Crippen MR) is 112 cm³/mol. The molecule has 2 aromatic carbocycles. The van der Waals surface area contributed by atoms with Gasteiger partial charge >= 0.3 is 6.18 Å². The fourth-order valence-electron chi connectivity index (χ4n) is 3.60. The van der Waals surface area contributed by atoms with E-state index in [1.165, 1.54) is 29.0 Å². The fraction of sp³-hybridized carbons (Fsp3) is 0.217. The number of amides is 1. The molecule has 166 valence electrons. The molecule has 0 radical (unpaired) electrons. The zero-order chi connectivity index (χ0) is 23.0. The van der Waals surface area contributed by atoms with Crippen LogP contribution in [0.2, 0.25) is 0 Å². The highest BCUT2D eigenvalue weighted by Crippen LogP contribution is 2.42. The maximum Gasteiger partial charge on any atom is 0.416 e. The number of ether oxygens (including phenoxy) is 1. The molecule has 1 amide bonds. The van der Waals surface area contributed by atoms with Crippen molar-refractivity contribution < 1.29 is 27.1 Å². The van der Waals surface area contributed by atoms with Gasteiger partial charge in [0.1, 0.15) is 18.2 Å². The van der Waals surface area contributed by atoms with Crippen LogP contribution >= 0.6 is 0 Å². The van der Waals surface area contributed by atoms with E-state index in [1.807, 2.05) is 6.92 Å². The van der Waals surface area contributed by atoms with Crippen LogP contribution in [0.4, 0.5) is 34.6 Å². The molecule has 5 nitrogen and oxygen atoms in total. The van der Waals surface area contributed by atoms with Crippen LogP contribution in [0.5, 0.6) is 5.75 Å². The van der Waals surface area contributed by atoms with Gasteiger partial charge in [0.15, 0.2) is 0 Å². The smallest absolute Gasteiger partial charge is 0.416 e.